The SMILES string of the molecule is CN1CCN(Cc2ncccc2F)C[C@@H](Cc2cncc3ccccc23)C1. The Labute approximate surface area is 159 Å². The number of hydrogen-bond donors (Lipinski definition) is 0. The topological polar surface area (TPSA) is 32.3 Å². The summed E-state index contributed by atoms with van der Waals surface area (Å²) in [5, 5.41) is 2.46. The summed E-state index contributed by atoms with van der Waals surface area (Å²) in [6, 6.07) is 11.6. The fourth-order valence-electron chi connectivity index (χ4n) is 4.03. The molecule has 1 aliphatic rings. The number of hydrogen-bond acceptors (Lipinski definition) is 4. The number of fused-ring (bicyclic) bond motifs is 1. The van der Waals surface area contributed by atoms with E-state index in [0.29, 0.717) is 18.2 Å². The van der Waals surface area contributed by atoms with E-state index in [9.17, 15) is 4.39 Å². The predicted molar refractivity (Wildman–Crippen MR) is 106 cm³/mol. The molecule has 1 saturated heterocycles. The van der Waals surface area contributed by atoms with Gasteiger partial charge in [0.25, 0.3) is 0 Å². The van der Waals surface area contributed by atoms with Crippen molar-refractivity contribution in [2.45, 2.75) is 13.0 Å². The number of benzene rings is 1. The zero-order valence-electron chi connectivity index (χ0n) is 15.7. The third kappa shape index (κ3) is 4.31. The van der Waals surface area contributed by atoms with Crippen molar-refractivity contribution in [2.24, 2.45) is 5.92 Å². The molecule has 0 N–H and O–H groups in total. The molecule has 5 heteroatoms. The summed E-state index contributed by atoms with van der Waals surface area (Å²) in [7, 11) is 2.17. The number of halogens is 1. The van der Waals surface area contributed by atoms with Crippen LogP contribution in [-0.2, 0) is 13.0 Å². The molecule has 140 valence electrons. The van der Waals surface area contributed by atoms with E-state index in [0.717, 1.165) is 32.6 Å². The Balaban J connectivity index is 1.53. The Morgan fingerprint density at radius 3 is 2.85 bits per heavy atom. The van der Waals surface area contributed by atoms with Crippen LogP contribution in [0.5, 0.6) is 0 Å². The fraction of sp³-hybridized carbons (Fsp3) is 0.364. The van der Waals surface area contributed by atoms with Gasteiger partial charge in [-0.05, 0) is 42.5 Å². The van der Waals surface area contributed by atoms with Gasteiger partial charge in [0, 0.05) is 56.7 Å². The van der Waals surface area contributed by atoms with Crippen molar-refractivity contribution in [3.05, 3.63) is 72.1 Å². The maximum atomic E-state index is 14.0. The van der Waals surface area contributed by atoms with E-state index >= 15 is 0 Å². The molecule has 0 bridgehead atoms. The maximum Gasteiger partial charge on any atom is 0.146 e. The van der Waals surface area contributed by atoms with Gasteiger partial charge in [-0.1, -0.05) is 24.3 Å². The number of pyridine rings is 2. The van der Waals surface area contributed by atoms with Gasteiger partial charge in [0.05, 0.1) is 5.69 Å². The van der Waals surface area contributed by atoms with Crippen LogP contribution in [0.1, 0.15) is 11.3 Å². The summed E-state index contributed by atoms with van der Waals surface area (Å²) in [5.41, 5.74) is 1.82. The van der Waals surface area contributed by atoms with Gasteiger partial charge in [-0.25, -0.2) is 4.39 Å². The molecule has 0 amide bonds. The lowest BCUT2D eigenvalue weighted by Gasteiger charge is -2.24. The van der Waals surface area contributed by atoms with E-state index in [1.165, 1.54) is 22.4 Å². The van der Waals surface area contributed by atoms with Crippen molar-refractivity contribution >= 4 is 10.8 Å². The highest BCUT2D eigenvalue weighted by Crippen LogP contribution is 2.22. The Morgan fingerprint density at radius 2 is 1.96 bits per heavy atom. The van der Waals surface area contributed by atoms with Crippen molar-refractivity contribution in [3.8, 4) is 0 Å². The van der Waals surface area contributed by atoms with Crippen LogP contribution >= 0.6 is 0 Å². The first kappa shape index (κ1) is 18.0. The van der Waals surface area contributed by atoms with Crippen LogP contribution in [-0.4, -0.2) is 53.0 Å². The molecule has 27 heavy (non-hydrogen) atoms. The second-order valence-electron chi connectivity index (χ2n) is 7.52. The summed E-state index contributed by atoms with van der Waals surface area (Å²) in [6.07, 6.45) is 6.56. The standard InChI is InChI=1S/C22H25FN4/c1-26-9-10-27(16-22-21(23)7-4-8-25-22)15-17(14-26)11-19-13-24-12-18-5-2-3-6-20(18)19/h2-8,12-13,17H,9-11,14-16H2,1H3/t17-/m0/s1. The molecule has 2 aromatic heterocycles. The van der Waals surface area contributed by atoms with Crippen molar-refractivity contribution < 1.29 is 4.39 Å². The highest BCUT2D eigenvalue weighted by Gasteiger charge is 2.23. The smallest absolute Gasteiger partial charge is 0.146 e. The fourth-order valence-corrected chi connectivity index (χ4v) is 4.03. The van der Waals surface area contributed by atoms with E-state index in [4.69, 9.17) is 0 Å². The molecule has 0 aliphatic carbocycles. The largest absolute Gasteiger partial charge is 0.305 e. The van der Waals surface area contributed by atoms with E-state index in [2.05, 4.69) is 51.1 Å². The minimum atomic E-state index is -0.218. The minimum Gasteiger partial charge on any atom is -0.305 e. The zero-order chi connectivity index (χ0) is 18.6. The molecule has 3 aromatic rings. The van der Waals surface area contributed by atoms with Crippen LogP contribution < -0.4 is 0 Å². The molecule has 1 atom stereocenters. The first-order valence-corrected chi connectivity index (χ1v) is 9.51. The highest BCUT2D eigenvalue weighted by molar-refractivity contribution is 5.84. The van der Waals surface area contributed by atoms with Gasteiger partial charge in [0.2, 0.25) is 0 Å². The third-order valence-corrected chi connectivity index (χ3v) is 5.35. The summed E-state index contributed by atoms with van der Waals surface area (Å²) >= 11 is 0. The number of rotatable bonds is 4. The van der Waals surface area contributed by atoms with Gasteiger partial charge in [-0.3, -0.25) is 14.9 Å². The van der Waals surface area contributed by atoms with E-state index in [-0.39, 0.29) is 5.82 Å². The molecular weight excluding hydrogens is 339 g/mol. The number of nitrogens with zero attached hydrogens (tertiary/aromatic N) is 4. The molecule has 0 saturated carbocycles. The monoisotopic (exact) mass is 364 g/mol. The summed E-state index contributed by atoms with van der Waals surface area (Å²) < 4.78 is 14.0. The highest BCUT2D eigenvalue weighted by atomic mass is 19.1. The van der Waals surface area contributed by atoms with Gasteiger partial charge in [0.15, 0.2) is 0 Å². The lowest BCUT2D eigenvalue weighted by molar-refractivity contribution is 0.243. The van der Waals surface area contributed by atoms with Crippen LogP contribution in [0.3, 0.4) is 0 Å². The Hall–Kier alpha value is -2.37. The Kier molecular flexibility index (Phi) is 5.41. The Bertz CT molecular complexity index is 908. The summed E-state index contributed by atoms with van der Waals surface area (Å²) in [5.74, 6) is 0.252. The quantitative estimate of drug-likeness (QED) is 0.710. The van der Waals surface area contributed by atoms with Gasteiger partial charge >= 0.3 is 0 Å². The first-order valence-electron chi connectivity index (χ1n) is 9.51. The normalized spacial score (nSPS) is 19.3. The number of likely N-dealkylation sites (N-methyl/N-ethyl adjacent to an activating group) is 1. The Morgan fingerprint density at radius 1 is 1.07 bits per heavy atom. The van der Waals surface area contributed by atoms with Gasteiger partial charge < -0.3 is 4.90 Å². The van der Waals surface area contributed by atoms with E-state index in [1.54, 1.807) is 12.3 Å². The second kappa shape index (κ2) is 8.11. The lowest BCUT2D eigenvalue weighted by atomic mass is 9.96. The second-order valence-corrected chi connectivity index (χ2v) is 7.52. The summed E-state index contributed by atoms with van der Waals surface area (Å²) in [4.78, 5) is 13.4. The average Bonchev–Trinajstić information content (AvgIpc) is 2.85. The average molecular weight is 364 g/mol. The molecule has 3 heterocycles. The third-order valence-electron chi connectivity index (χ3n) is 5.35. The first-order chi connectivity index (χ1) is 13.2. The molecular formula is C22H25FN4. The van der Waals surface area contributed by atoms with Crippen molar-refractivity contribution in [2.75, 3.05) is 33.2 Å². The van der Waals surface area contributed by atoms with Gasteiger partial charge in [-0.2, -0.15) is 0 Å². The lowest BCUT2D eigenvalue weighted by Crippen LogP contribution is -2.31. The van der Waals surface area contributed by atoms with Crippen LogP contribution in [0, 0.1) is 11.7 Å². The molecule has 4 nitrogen and oxygen atoms in total. The molecule has 4 rings (SSSR count). The molecule has 1 fully saturated rings. The minimum absolute atomic E-state index is 0.218. The van der Waals surface area contributed by atoms with Crippen LogP contribution in [0.25, 0.3) is 10.8 Å². The van der Waals surface area contributed by atoms with Crippen LogP contribution in [0.2, 0.25) is 0 Å². The zero-order valence-corrected chi connectivity index (χ0v) is 15.7. The van der Waals surface area contributed by atoms with Crippen molar-refractivity contribution in [1.29, 1.82) is 0 Å². The maximum absolute atomic E-state index is 14.0. The van der Waals surface area contributed by atoms with Crippen molar-refractivity contribution in [1.82, 2.24) is 19.8 Å². The molecule has 0 radical (unpaired) electrons. The van der Waals surface area contributed by atoms with Crippen LogP contribution in [0.15, 0.2) is 55.0 Å². The molecule has 0 spiro atoms. The van der Waals surface area contributed by atoms with E-state index in [1.807, 2.05) is 12.4 Å². The number of aromatic nitrogens is 2. The molecule has 1 aliphatic heterocycles. The molecule has 0 unspecified atom stereocenters. The summed E-state index contributed by atoms with van der Waals surface area (Å²) in [6.45, 7) is 4.44. The van der Waals surface area contributed by atoms with Crippen molar-refractivity contribution in [3.63, 3.8) is 0 Å². The predicted octanol–water partition coefficient (Wildman–Crippen LogP) is 3.38. The van der Waals surface area contributed by atoms with Gasteiger partial charge in [-0.15, -0.1) is 0 Å². The molecule has 1 aromatic carbocycles. The van der Waals surface area contributed by atoms with Crippen LogP contribution in [0.4, 0.5) is 4.39 Å². The van der Waals surface area contributed by atoms with Gasteiger partial charge in [0.1, 0.15) is 5.82 Å². The van der Waals surface area contributed by atoms with E-state index < -0.39 is 0 Å².